The summed E-state index contributed by atoms with van der Waals surface area (Å²) in [5.74, 6) is 2.13. The van der Waals surface area contributed by atoms with E-state index in [-0.39, 0.29) is 11.9 Å². The van der Waals surface area contributed by atoms with E-state index < -0.39 is 0 Å². The molecule has 0 N–H and O–H groups in total. The van der Waals surface area contributed by atoms with E-state index in [2.05, 4.69) is 22.3 Å². The van der Waals surface area contributed by atoms with Gasteiger partial charge in [-0.05, 0) is 47.5 Å². The van der Waals surface area contributed by atoms with Crippen LogP contribution < -0.4 is 9.47 Å². The third kappa shape index (κ3) is 4.22. The standard InChI is InChI=1S/C24H19ClN4O2S/c1-30-19-11-13-20(14-12-19)31-15-21-26-27-24-29(21)28-22(16-5-3-2-4-6-16)23(32-24)17-7-9-18(25)10-8-17/h2-14,23H,15H2,1H3/t23-/m1/s1. The van der Waals surface area contributed by atoms with Gasteiger partial charge >= 0.3 is 0 Å². The van der Waals surface area contributed by atoms with E-state index in [4.69, 9.17) is 26.2 Å². The molecule has 1 aliphatic rings. The minimum absolute atomic E-state index is 0.0262. The van der Waals surface area contributed by atoms with Crippen molar-refractivity contribution < 1.29 is 9.47 Å². The topological polar surface area (TPSA) is 61.5 Å². The predicted octanol–water partition coefficient (Wildman–Crippen LogP) is 5.62. The van der Waals surface area contributed by atoms with Crippen molar-refractivity contribution in [3.63, 3.8) is 0 Å². The number of thioether (sulfide) groups is 1. The SMILES string of the molecule is COc1ccc(OCc2nnc3n2N=C(c2ccccc2)[C@@H](c2ccc(Cl)cc2)S3)cc1. The van der Waals surface area contributed by atoms with Gasteiger partial charge < -0.3 is 9.47 Å². The molecule has 0 radical (unpaired) electrons. The monoisotopic (exact) mass is 462 g/mol. The zero-order valence-electron chi connectivity index (χ0n) is 17.2. The number of nitrogens with zero attached hydrogens (tertiary/aromatic N) is 4. The maximum atomic E-state index is 6.11. The van der Waals surface area contributed by atoms with Crippen molar-refractivity contribution >= 4 is 29.1 Å². The second-order valence-corrected chi connectivity index (χ2v) is 8.58. The zero-order chi connectivity index (χ0) is 21.9. The maximum absolute atomic E-state index is 6.11. The third-order valence-corrected chi connectivity index (χ3v) is 6.47. The number of benzene rings is 3. The molecule has 1 atom stereocenters. The first-order valence-corrected chi connectivity index (χ1v) is 11.2. The lowest BCUT2D eigenvalue weighted by molar-refractivity contribution is 0.289. The average molecular weight is 463 g/mol. The number of hydrogen-bond donors (Lipinski definition) is 0. The van der Waals surface area contributed by atoms with Crippen molar-refractivity contribution in [3.05, 3.63) is 101 Å². The van der Waals surface area contributed by atoms with Crippen LogP contribution in [0.3, 0.4) is 0 Å². The van der Waals surface area contributed by atoms with E-state index in [1.807, 2.05) is 66.7 Å². The van der Waals surface area contributed by atoms with Gasteiger partial charge in [0.15, 0.2) is 5.82 Å². The molecule has 2 heterocycles. The van der Waals surface area contributed by atoms with Crippen molar-refractivity contribution in [1.82, 2.24) is 14.9 Å². The molecule has 0 unspecified atom stereocenters. The van der Waals surface area contributed by atoms with Crippen molar-refractivity contribution in [2.75, 3.05) is 7.11 Å². The number of ether oxygens (including phenoxy) is 2. The second-order valence-electron chi connectivity index (χ2n) is 7.08. The molecule has 0 amide bonds. The van der Waals surface area contributed by atoms with Gasteiger partial charge in [-0.3, -0.25) is 0 Å². The quantitative estimate of drug-likeness (QED) is 0.372. The highest BCUT2D eigenvalue weighted by Gasteiger charge is 2.30. The van der Waals surface area contributed by atoms with Gasteiger partial charge in [-0.25, -0.2) is 0 Å². The molecule has 0 bridgehead atoms. The molecule has 0 saturated carbocycles. The summed E-state index contributed by atoms with van der Waals surface area (Å²) >= 11 is 7.72. The Labute approximate surface area is 194 Å². The Morgan fingerprint density at radius 2 is 1.62 bits per heavy atom. The Bertz CT molecular complexity index is 1240. The molecule has 6 nitrogen and oxygen atoms in total. The lowest BCUT2D eigenvalue weighted by atomic mass is 10.0. The molecule has 5 rings (SSSR count). The third-order valence-electron chi connectivity index (χ3n) is 5.03. The maximum Gasteiger partial charge on any atom is 0.213 e. The van der Waals surface area contributed by atoms with E-state index in [0.717, 1.165) is 33.5 Å². The number of fused-ring (bicyclic) bond motifs is 1. The highest BCUT2D eigenvalue weighted by molar-refractivity contribution is 8.00. The summed E-state index contributed by atoms with van der Waals surface area (Å²) in [4.78, 5) is 0. The molecular weight excluding hydrogens is 444 g/mol. The Balaban J connectivity index is 1.47. The Kier molecular flexibility index (Phi) is 5.83. The van der Waals surface area contributed by atoms with E-state index in [0.29, 0.717) is 10.8 Å². The lowest BCUT2D eigenvalue weighted by Crippen LogP contribution is -2.19. The highest BCUT2D eigenvalue weighted by Crippen LogP contribution is 2.41. The summed E-state index contributed by atoms with van der Waals surface area (Å²) in [5, 5.41) is 15.0. The molecule has 3 aromatic carbocycles. The summed E-state index contributed by atoms with van der Waals surface area (Å²) in [7, 11) is 1.63. The minimum Gasteiger partial charge on any atom is -0.497 e. The van der Waals surface area contributed by atoms with Crippen molar-refractivity contribution in [2.24, 2.45) is 5.10 Å². The van der Waals surface area contributed by atoms with Crippen molar-refractivity contribution in [3.8, 4) is 11.5 Å². The normalized spacial score (nSPS) is 15.1. The van der Waals surface area contributed by atoms with E-state index in [1.165, 1.54) is 0 Å². The van der Waals surface area contributed by atoms with Gasteiger partial charge in [0.1, 0.15) is 18.1 Å². The van der Waals surface area contributed by atoms with E-state index in [9.17, 15) is 0 Å². The first-order chi connectivity index (χ1) is 15.7. The summed E-state index contributed by atoms with van der Waals surface area (Å²) in [5.41, 5.74) is 3.07. The van der Waals surface area contributed by atoms with Gasteiger partial charge in [0, 0.05) is 5.02 Å². The van der Waals surface area contributed by atoms with Crippen LogP contribution in [0.5, 0.6) is 11.5 Å². The molecule has 160 valence electrons. The number of halogens is 1. The van der Waals surface area contributed by atoms with Gasteiger partial charge in [0.05, 0.1) is 18.1 Å². The van der Waals surface area contributed by atoms with Crippen LogP contribution in [-0.4, -0.2) is 27.7 Å². The fraction of sp³-hybridized carbons (Fsp3) is 0.125. The molecule has 4 aromatic rings. The summed E-state index contributed by atoms with van der Waals surface area (Å²) in [6.45, 7) is 0.247. The number of rotatable bonds is 6. The Hall–Kier alpha value is -3.29. The van der Waals surface area contributed by atoms with E-state index in [1.54, 1.807) is 23.5 Å². The molecular formula is C24H19ClN4O2S. The zero-order valence-corrected chi connectivity index (χ0v) is 18.8. The smallest absolute Gasteiger partial charge is 0.213 e. The predicted molar refractivity (Wildman–Crippen MR) is 126 cm³/mol. The average Bonchev–Trinajstić information content (AvgIpc) is 3.25. The molecule has 8 heteroatoms. The summed E-state index contributed by atoms with van der Waals surface area (Å²) in [6, 6.07) is 25.4. The molecule has 32 heavy (non-hydrogen) atoms. The molecule has 1 aliphatic heterocycles. The highest BCUT2D eigenvalue weighted by atomic mass is 35.5. The summed E-state index contributed by atoms with van der Waals surface area (Å²) < 4.78 is 12.9. The molecule has 0 aliphatic carbocycles. The van der Waals surface area contributed by atoms with Gasteiger partial charge in [0.25, 0.3) is 0 Å². The molecule has 0 fully saturated rings. The Morgan fingerprint density at radius 1 is 0.906 bits per heavy atom. The van der Waals surface area contributed by atoms with Crippen molar-refractivity contribution in [2.45, 2.75) is 17.0 Å². The van der Waals surface area contributed by atoms with Crippen LogP contribution >= 0.6 is 23.4 Å². The van der Waals surface area contributed by atoms with Crippen LogP contribution in [0.1, 0.15) is 22.2 Å². The number of aromatic nitrogens is 3. The number of methoxy groups -OCH3 is 1. The van der Waals surface area contributed by atoms with Crippen LogP contribution in [-0.2, 0) is 6.61 Å². The van der Waals surface area contributed by atoms with Gasteiger partial charge in [0.2, 0.25) is 5.16 Å². The molecule has 1 aromatic heterocycles. The summed E-state index contributed by atoms with van der Waals surface area (Å²) in [6.07, 6.45) is 0. The van der Waals surface area contributed by atoms with Crippen LogP contribution in [0.25, 0.3) is 0 Å². The van der Waals surface area contributed by atoms with Crippen LogP contribution in [0.15, 0.2) is 89.1 Å². The largest absolute Gasteiger partial charge is 0.497 e. The van der Waals surface area contributed by atoms with Crippen LogP contribution in [0.2, 0.25) is 5.02 Å². The number of hydrogen-bond acceptors (Lipinski definition) is 6. The van der Waals surface area contributed by atoms with Crippen LogP contribution in [0.4, 0.5) is 0 Å². The Morgan fingerprint density at radius 3 is 2.34 bits per heavy atom. The molecule has 0 saturated heterocycles. The van der Waals surface area contributed by atoms with Crippen LogP contribution in [0, 0.1) is 0 Å². The van der Waals surface area contributed by atoms with E-state index >= 15 is 0 Å². The first-order valence-electron chi connectivity index (χ1n) is 9.99. The second kappa shape index (κ2) is 9.06. The lowest BCUT2D eigenvalue weighted by Gasteiger charge is -2.23. The van der Waals surface area contributed by atoms with Crippen molar-refractivity contribution in [1.29, 1.82) is 0 Å². The van der Waals surface area contributed by atoms with Gasteiger partial charge in [-0.1, -0.05) is 65.8 Å². The minimum atomic E-state index is -0.0262. The molecule has 0 spiro atoms. The van der Waals surface area contributed by atoms with Gasteiger partial charge in [-0.15, -0.1) is 10.2 Å². The van der Waals surface area contributed by atoms with Gasteiger partial charge in [-0.2, -0.15) is 9.78 Å². The first kappa shape index (κ1) is 20.6. The fourth-order valence-corrected chi connectivity index (χ4v) is 4.64. The fourth-order valence-electron chi connectivity index (χ4n) is 3.38.